The van der Waals surface area contributed by atoms with Crippen LogP contribution in [0.3, 0.4) is 0 Å². The van der Waals surface area contributed by atoms with E-state index in [0.29, 0.717) is 11.9 Å². The minimum atomic E-state index is 0. The molecule has 3 N–H and O–H groups in total. The molecule has 0 aliphatic carbocycles. The highest BCUT2D eigenvalue weighted by atomic mass is 35.5. The molecule has 108 valence electrons. The van der Waals surface area contributed by atoms with Gasteiger partial charge in [-0.3, -0.25) is 4.90 Å². The number of hydrogen-bond acceptors (Lipinski definition) is 5. The van der Waals surface area contributed by atoms with Gasteiger partial charge in [-0.2, -0.15) is 0 Å². The van der Waals surface area contributed by atoms with E-state index in [9.17, 15) is 0 Å². The number of benzene rings is 1. The van der Waals surface area contributed by atoms with Crippen LogP contribution in [0.4, 0.5) is 5.82 Å². The first-order valence-corrected chi connectivity index (χ1v) is 6.66. The smallest absolute Gasteiger partial charge is 0.145 e. The van der Waals surface area contributed by atoms with Crippen LogP contribution in [-0.2, 0) is 6.54 Å². The molecule has 2 aromatic rings. The van der Waals surface area contributed by atoms with Crippen LogP contribution in [0.2, 0.25) is 0 Å². The van der Waals surface area contributed by atoms with E-state index >= 15 is 0 Å². The highest BCUT2D eigenvalue weighted by Crippen LogP contribution is 2.18. The summed E-state index contributed by atoms with van der Waals surface area (Å²) in [6.07, 6.45) is 1.18. The van der Waals surface area contributed by atoms with Crippen molar-refractivity contribution in [1.29, 1.82) is 0 Å². The average molecular weight is 294 g/mol. The van der Waals surface area contributed by atoms with Crippen molar-refractivity contribution < 1.29 is 0 Å². The van der Waals surface area contributed by atoms with E-state index in [4.69, 9.17) is 5.73 Å². The Kier molecular flexibility index (Phi) is 4.75. The normalized spacial score (nSPS) is 18.4. The zero-order valence-corrected chi connectivity index (χ0v) is 12.4. The standard InChI is InChI=1S/C14H19N5.ClH/c1-19(10-6-7-16-8-10)9-13-17-12-5-3-2-4-11(12)14(15)18-13;/h2-5,10,16H,6-9H2,1H3,(H2,15,17,18);1H. The second-order valence-electron chi connectivity index (χ2n) is 5.10. The average Bonchev–Trinajstić information content (AvgIpc) is 2.93. The fourth-order valence-corrected chi connectivity index (χ4v) is 2.59. The minimum absolute atomic E-state index is 0. The van der Waals surface area contributed by atoms with Crippen molar-refractivity contribution in [2.24, 2.45) is 0 Å². The van der Waals surface area contributed by atoms with Gasteiger partial charge in [0.15, 0.2) is 0 Å². The van der Waals surface area contributed by atoms with Crippen LogP contribution in [0, 0.1) is 0 Å². The van der Waals surface area contributed by atoms with Crippen LogP contribution in [0.15, 0.2) is 24.3 Å². The van der Waals surface area contributed by atoms with Gasteiger partial charge in [-0.05, 0) is 32.1 Å². The first kappa shape index (κ1) is 15.0. The Balaban J connectivity index is 0.00000147. The molecule has 0 bridgehead atoms. The molecule has 6 heteroatoms. The molecule has 0 radical (unpaired) electrons. The number of halogens is 1. The van der Waals surface area contributed by atoms with Crippen molar-refractivity contribution in [1.82, 2.24) is 20.2 Å². The summed E-state index contributed by atoms with van der Waals surface area (Å²) in [6.45, 7) is 2.87. The Hall–Kier alpha value is -1.43. The Morgan fingerprint density at radius 3 is 2.90 bits per heavy atom. The molecule has 0 saturated carbocycles. The van der Waals surface area contributed by atoms with E-state index in [1.54, 1.807) is 0 Å². The van der Waals surface area contributed by atoms with Crippen LogP contribution < -0.4 is 11.1 Å². The highest BCUT2D eigenvalue weighted by molar-refractivity contribution is 5.87. The number of nitrogens with two attached hydrogens (primary N) is 1. The molecule has 1 fully saturated rings. The van der Waals surface area contributed by atoms with Crippen LogP contribution in [0.25, 0.3) is 10.9 Å². The van der Waals surface area contributed by atoms with Crippen molar-refractivity contribution in [2.45, 2.75) is 19.0 Å². The van der Waals surface area contributed by atoms with Gasteiger partial charge in [-0.25, -0.2) is 9.97 Å². The lowest BCUT2D eigenvalue weighted by Crippen LogP contribution is -2.33. The molecule has 1 aromatic heterocycles. The van der Waals surface area contributed by atoms with Gasteiger partial charge in [0.05, 0.1) is 12.1 Å². The number of likely N-dealkylation sites (N-methyl/N-ethyl adjacent to an activating group) is 1. The lowest BCUT2D eigenvalue weighted by Gasteiger charge is -2.22. The van der Waals surface area contributed by atoms with Gasteiger partial charge < -0.3 is 11.1 Å². The zero-order valence-electron chi connectivity index (χ0n) is 11.5. The fraction of sp³-hybridized carbons (Fsp3) is 0.429. The fourth-order valence-electron chi connectivity index (χ4n) is 2.59. The van der Waals surface area contributed by atoms with Gasteiger partial charge in [-0.15, -0.1) is 12.4 Å². The topological polar surface area (TPSA) is 67.1 Å². The number of nitrogens with one attached hydrogen (secondary N) is 1. The second kappa shape index (κ2) is 6.35. The third-order valence-electron chi connectivity index (χ3n) is 3.73. The SMILES string of the molecule is CN(Cc1nc(N)c2ccccc2n1)C1CCNC1.Cl. The van der Waals surface area contributed by atoms with Gasteiger partial charge in [-0.1, -0.05) is 12.1 Å². The first-order valence-electron chi connectivity index (χ1n) is 6.66. The second-order valence-corrected chi connectivity index (χ2v) is 5.10. The third kappa shape index (κ3) is 3.00. The first-order chi connectivity index (χ1) is 9.24. The van der Waals surface area contributed by atoms with Gasteiger partial charge in [0, 0.05) is 18.0 Å². The Bertz CT molecular complexity index is 583. The van der Waals surface area contributed by atoms with Crippen LogP contribution in [0.5, 0.6) is 0 Å². The van der Waals surface area contributed by atoms with Gasteiger partial charge in [0.1, 0.15) is 11.6 Å². The minimum Gasteiger partial charge on any atom is -0.383 e. The van der Waals surface area contributed by atoms with Crippen LogP contribution in [0.1, 0.15) is 12.2 Å². The summed E-state index contributed by atoms with van der Waals surface area (Å²) in [4.78, 5) is 11.3. The van der Waals surface area contributed by atoms with E-state index in [1.807, 2.05) is 24.3 Å². The lowest BCUT2D eigenvalue weighted by molar-refractivity contribution is 0.243. The molecule has 1 saturated heterocycles. The van der Waals surface area contributed by atoms with E-state index in [0.717, 1.165) is 36.4 Å². The summed E-state index contributed by atoms with van der Waals surface area (Å²) >= 11 is 0. The molecule has 5 nitrogen and oxygen atoms in total. The number of nitrogen functional groups attached to an aromatic ring is 1. The number of rotatable bonds is 3. The summed E-state index contributed by atoms with van der Waals surface area (Å²) in [5, 5.41) is 4.30. The maximum Gasteiger partial charge on any atom is 0.145 e. The summed E-state index contributed by atoms with van der Waals surface area (Å²) in [5.41, 5.74) is 6.92. The van der Waals surface area contributed by atoms with Crippen molar-refractivity contribution in [3.05, 3.63) is 30.1 Å². The summed E-state index contributed by atoms with van der Waals surface area (Å²) in [7, 11) is 2.12. The molecular weight excluding hydrogens is 274 g/mol. The van der Waals surface area contributed by atoms with E-state index in [-0.39, 0.29) is 12.4 Å². The summed E-state index contributed by atoms with van der Waals surface area (Å²) in [5.74, 6) is 1.36. The monoisotopic (exact) mass is 293 g/mol. The quantitative estimate of drug-likeness (QED) is 0.896. The Labute approximate surface area is 125 Å². The molecule has 1 aliphatic rings. The number of nitrogens with zero attached hydrogens (tertiary/aromatic N) is 3. The molecule has 20 heavy (non-hydrogen) atoms. The number of hydrogen-bond donors (Lipinski definition) is 2. The van der Waals surface area contributed by atoms with E-state index in [2.05, 4.69) is 27.2 Å². The molecule has 1 atom stereocenters. The van der Waals surface area contributed by atoms with E-state index < -0.39 is 0 Å². The van der Waals surface area contributed by atoms with E-state index in [1.165, 1.54) is 6.42 Å². The predicted molar refractivity (Wildman–Crippen MR) is 83.9 cm³/mol. The molecule has 0 spiro atoms. The predicted octanol–water partition coefficient (Wildman–Crippen LogP) is 1.43. The molecule has 0 amide bonds. The molecule has 1 aliphatic heterocycles. The summed E-state index contributed by atoms with van der Waals surface area (Å²) < 4.78 is 0. The van der Waals surface area contributed by atoms with Crippen molar-refractivity contribution in [2.75, 3.05) is 25.9 Å². The van der Waals surface area contributed by atoms with Gasteiger partial charge in [0.25, 0.3) is 0 Å². The van der Waals surface area contributed by atoms with Crippen molar-refractivity contribution in [3.8, 4) is 0 Å². The maximum absolute atomic E-state index is 6.00. The number of aromatic nitrogens is 2. The highest BCUT2D eigenvalue weighted by Gasteiger charge is 2.20. The largest absolute Gasteiger partial charge is 0.383 e. The van der Waals surface area contributed by atoms with Gasteiger partial charge in [0.2, 0.25) is 0 Å². The van der Waals surface area contributed by atoms with Crippen molar-refractivity contribution in [3.63, 3.8) is 0 Å². The molecule has 3 rings (SSSR count). The Morgan fingerprint density at radius 1 is 1.35 bits per heavy atom. The van der Waals surface area contributed by atoms with Crippen LogP contribution in [-0.4, -0.2) is 41.0 Å². The number of fused-ring (bicyclic) bond motifs is 1. The maximum atomic E-state index is 6.00. The van der Waals surface area contributed by atoms with Gasteiger partial charge >= 0.3 is 0 Å². The molecule has 1 unspecified atom stereocenters. The number of anilines is 1. The molecule has 2 heterocycles. The lowest BCUT2D eigenvalue weighted by atomic mass is 10.2. The molecule has 1 aromatic carbocycles. The molecular formula is C14H20ClN5. The number of para-hydroxylation sites is 1. The summed E-state index contributed by atoms with van der Waals surface area (Å²) in [6, 6.07) is 8.44. The van der Waals surface area contributed by atoms with Crippen LogP contribution >= 0.6 is 12.4 Å². The zero-order chi connectivity index (χ0) is 13.2. The Morgan fingerprint density at radius 2 is 2.15 bits per heavy atom. The van der Waals surface area contributed by atoms with Crippen molar-refractivity contribution >= 4 is 29.1 Å². The third-order valence-corrected chi connectivity index (χ3v) is 3.73.